The fourth-order valence-electron chi connectivity index (χ4n) is 2.56. The summed E-state index contributed by atoms with van der Waals surface area (Å²) < 4.78 is 4.94. The zero-order valence-electron chi connectivity index (χ0n) is 15.5. The van der Waals surface area contributed by atoms with Gasteiger partial charge in [-0.1, -0.05) is 30.3 Å². The quantitative estimate of drug-likeness (QED) is 0.607. The molecular formula is C22H21N3O3. The Kier molecular flexibility index (Phi) is 6.36. The molecule has 1 amide bonds. The van der Waals surface area contributed by atoms with Crippen molar-refractivity contribution in [3.63, 3.8) is 0 Å². The van der Waals surface area contributed by atoms with Crippen LogP contribution < -0.4 is 10.6 Å². The molecule has 0 aliphatic heterocycles. The predicted octanol–water partition coefficient (Wildman–Crippen LogP) is 4.12. The number of ether oxygens (including phenoxy) is 1. The van der Waals surface area contributed by atoms with E-state index in [1.54, 1.807) is 43.5 Å². The van der Waals surface area contributed by atoms with E-state index in [2.05, 4.69) is 15.6 Å². The number of hydrogen-bond donors (Lipinski definition) is 2. The van der Waals surface area contributed by atoms with E-state index in [9.17, 15) is 9.59 Å². The average Bonchev–Trinajstić information content (AvgIpc) is 2.74. The van der Waals surface area contributed by atoms with Crippen LogP contribution in [-0.2, 0) is 11.3 Å². The number of carbonyl (C=O) groups is 2. The third-order valence-electron chi connectivity index (χ3n) is 3.99. The maximum atomic E-state index is 12.5. The van der Waals surface area contributed by atoms with Crippen LogP contribution in [-0.4, -0.2) is 23.5 Å². The lowest BCUT2D eigenvalue weighted by Gasteiger charge is -2.09. The van der Waals surface area contributed by atoms with E-state index in [1.165, 1.54) is 0 Å². The SMILES string of the molecule is CCOC(=O)c1ccc(NC(=O)c2cc(NCc3ccccc3)ccn2)cc1. The van der Waals surface area contributed by atoms with Crippen molar-refractivity contribution in [1.29, 1.82) is 0 Å². The highest BCUT2D eigenvalue weighted by Gasteiger charge is 2.10. The minimum Gasteiger partial charge on any atom is -0.462 e. The van der Waals surface area contributed by atoms with Gasteiger partial charge >= 0.3 is 5.97 Å². The molecule has 6 heteroatoms. The number of hydrogen-bond acceptors (Lipinski definition) is 5. The zero-order chi connectivity index (χ0) is 19.8. The van der Waals surface area contributed by atoms with Crippen molar-refractivity contribution in [1.82, 2.24) is 4.98 Å². The molecule has 3 rings (SSSR count). The third-order valence-corrected chi connectivity index (χ3v) is 3.99. The first-order valence-corrected chi connectivity index (χ1v) is 8.98. The van der Waals surface area contributed by atoms with Gasteiger partial charge in [0.15, 0.2) is 0 Å². The van der Waals surface area contributed by atoms with Crippen LogP contribution >= 0.6 is 0 Å². The molecule has 0 unspecified atom stereocenters. The van der Waals surface area contributed by atoms with Crippen LogP contribution in [0.4, 0.5) is 11.4 Å². The first-order chi connectivity index (χ1) is 13.7. The van der Waals surface area contributed by atoms with E-state index in [0.717, 1.165) is 11.3 Å². The van der Waals surface area contributed by atoms with Gasteiger partial charge in [0, 0.05) is 24.1 Å². The van der Waals surface area contributed by atoms with Crippen molar-refractivity contribution >= 4 is 23.3 Å². The Morgan fingerprint density at radius 1 is 0.964 bits per heavy atom. The normalized spacial score (nSPS) is 10.2. The minimum absolute atomic E-state index is 0.299. The van der Waals surface area contributed by atoms with Gasteiger partial charge in [-0.2, -0.15) is 0 Å². The summed E-state index contributed by atoms with van der Waals surface area (Å²) in [7, 11) is 0. The van der Waals surface area contributed by atoms with E-state index in [0.29, 0.717) is 30.1 Å². The fraction of sp³-hybridized carbons (Fsp3) is 0.136. The Bertz CT molecular complexity index is 941. The first kappa shape index (κ1) is 19.1. The van der Waals surface area contributed by atoms with Gasteiger partial charge in [0.1, 0.15) is 5.69 Å². The second kappa shape index (κ2) is 9.32. The number of amides is 1. The minimum atomic E-state index is -0.390. The molecule has 0 bridgehead atoms. The molecule has 0 saturated heterocycles. The molecule has 142 valence electrons. The van der Waals surface area contributed by atoms with E-state index < -0.39 is 0 Å². The molecule has 3 aromatic rings. The molecule has 6 nitrogen and oxygen atoms in total. The van der Waals surface area contributed by atoms with Gasteiger partial charge in [-0.15, -0.1) is 0 Å². The summed E-state index contributed by atoms with van der Waals surface area (Å²) >= 11 is 0. The number of nitrogens with one attached hydrogen (secondary N) is 2. The van der Waals surface area contributed by atoms with Crippen molar-refractivity contribution in [3.05, 3.63) is 89.7 Å². The van der Waals surface area contributed by atoms with Crippen LogP contribution in [0.2, 0.25) is 0 Å². The highest BCUT2D eigenvalue weighted by molar-refractivity contribution is 6.03. The highest BCUT2D eigenvalue weighted by Crippen LogP contribution is 2.14. The predicted molar refractivity (Wildman–Crippen MR) is 108 cm³/mol. The number of rotatable bonds is 7. The van der Waals surface area contributed by atoms with Crippen molar-refractivity contribution in [3.8, 4) is 0 Å². The lowest BCUT2D eigenvalue weighted by molar-refractivity contribution is 0.0526. The molecule has 0 aliphatic carbocycles. The standard InChI is InChI=1S/C22H21N3O3/c1-2-28-22(27)17-8-10-18(11-9-17)25-21(26)20-14-19(12-13-23-20)24-15-16-6-4-3-5-7-16/h3-14H,2,15H2,1H3,(H,23,24)(H,25,26). The Morgan fingerprint density at radius 2 is 1.71 bits per heavy atom. The number of pyridine rings is 1. The highest BCUT2D eigenvalue weighted by atomic mass is 16.5. The molecule has 28 heavy (non-hydrogen) atoms. The van der Waals surface area contributed by atoms with Gasteiger partial charge in [-0.3, -0.25) is 9.78 Å². The molecule has 0 spiro atoms. The van der Waals surface area contributed by atoms with Gasteiger partial charge in [0.2, 0.25) is 0 Å². The molecule has 0 fully saturated rings. The smallest absolute Gasteiger partial charge is 0.338 e. The van der Waals surface area contributed by atoms with Crippen LogP contribution in [0.3, 0.4) is 0 Å². The Balaban J connectivity index is 1.62. The molecule has 0 aliphatic rings. The second-order valence-corrected chi connectivity index (χ2v) is 6.02. The van der Waals surface area contributed by atoms with Crippen molar-refractivity contribution in [2.75, 3.05) is 17.2 Å². The topological polar surface area (TPSA) is 80.3 Å². The van der Waals surface area contributed by atoms with Gasteiger partial charge in [0.25, 0.3) is 5.91 Å². The summed E-state index contributed by atoms with van der Waals surface area (Å²) in [5, 5.41) is 6.06. The Hall–Kier alpha value is -3.67. The Labute approximate surface area is 163 Å². The lowest BCUT2D eigenvalue weighted by Crippen LogP contribution is -2.14. The number of carbonyl (C=O) groups excluding carboxylic acids is 2. The van der Waals surface area contributed by atoms with Gasteiger partial charge in [-0.05, 0) is 48.9 Å². The summed E-state index contributed by atoms with van der Waals surface area (Å²) in [6.07, 6.45) is 1.59. The van der Waals surface area contributed by atoms with E-state index in [1.807, 2.05) is 36.4 Å². The monoisotopic (exact) mass is 375 g/mol. The molecule has 0 saturated carbocycles. The zero-order valence-corrected chi connectivity index (χ0v) is 15.5. The fourth-order valence-corrected chi connectivity index (χ4v) is 2.56. The lowest BCUT2D eigenvalue weighted by atomic mass is 10.2. The molecule has 2 aromatic carbocycles. The molecule has 1 heterocycles. The first-order valence-electron chi connectivity index (χ1n) is 8.98. The van der Waals surface area contributed by atoms with Gasteiger partial charge in [-0.25, -0.2) is 4.79 Å². The van der Waals surface area contributed by atoms with Crippen LogP contribution in [0.5, 0.6) is 0 Å². The van der Waals surface area contributed by atoms with Crippen LogP contribution in [0.15, 0.2) is 72.9 Å². The second-order valence-electron chi connectivity index (χ2n) is 6.02. The summed E-state index contributed by atoms with van der Waals surface area (Å²) in [4.78, 5) is 28.3. The van der Waals surface area contributed by atoms with Gasteiger partial charge < -0.3 is 15.4 Å². The molecule has 2 N–H and O–H groups in total. The van der Waals surface area contributed by atoms with Crippen LogP contribution in [0.1, 0.15) is 33.3 Å². The maximum Gasteiger partial charge on any atom is 0.338 e. The molecule has 0 radical (unpaired) electrons. The average molecular weight is 375 g/mol. The summed E-state index contributed by atoms with van der Waals surface area (Å²) in [6.45, 7) is 2.72. The van der Waals surface area contributed by atoms with Crippen LogP contribution in [0, 0.1) is 0 Å². The largest absolute Gasteiger partial charge is 0.462 e. The third kappa shape index (κ3) is 5.17. The van der Waals surface area contributed by atoms with Crippen molar-refractivity contribution in [2.24, 2.45) is 0 Å². The maximum absolute atomic E-state index is 12.5. The van der Waals surface area contributed by atoms with Crippen LogP contribution in [0.25, 0.3) is 0 Å². The van der Waals surface area contributed by atoms with E-state index in [-0.39, 0.29) is 11.9 Å². The molecule has 0 atom stereocenters. The van der Waals surface area contributed by atoms with Crippen molar-refractivity contribution in [2.45, 2.75) is 13.5 Å². The Morgan fingerprint density at radius 3 is 2.43 bits per heavy atom. The summed E-state index contributed by atoms with van der Waals surface area (Å²) in [5.41, 5.74) is 3.26. The number of benzene rings is 2. The van der Waals surface area contributed by atoms with Crippen molar-refractivity contribution < 1.29 is 14.3 Å². The van der Waals surface area contributed by atoms with E-state index in [4.69, 9.17) is 4.74 Å². The van der Waals surface area contributed by atoms with E-state index >= 15 is 0 Å². The summed E-state index contributed by atoms with van der Waals surface area (Å²) in [6, 6.07) is 20.0. The summed E-state index contributed by atoms with van der Waals surface area (Å²) in [5.74, 6) is -0.716. The number of aromatic nitrogens is 1. The number of anilines is 2. The number of esters is 1. The van der Waals surface area contributed by atoms with Gasteiger partial charge in [0.05, 0.1) is 12.2 Å². The number of nitrogens with zero attached hydrogens (tertiary/aromatic N) is 1. The molecular weight excluding hydrogens is 354 g/mol. The molecule has 1 aromatic heterocycles.